The molecule has 0 aliphatic heterocycles. The van der Waals surface area contributed by atoms with E-state index < -0.39 is 18.3 Å². The Morgan fingerprint density at radius 3 is 2.62 bits per heavy atom. The van der Waals surface area contributed by atoms with E-state index in [9.17, 15) is 19.9 Å². The molecule has 2 aromatic heterocycles. The third-order valence-electron chi connectivity index (χ3n) is 4.22. The second kappa shape index (κ2) is 7.04. The lowest BCUT2D eigenvalue weighted by Gasteiger charge is -2.15. The van der Waals surface area contributed by atoms with Crippen LogP contribution < -0.4 is 10.6 Å². The van der Waals surface area contributed by atoms with Crippen molar-refractivity contribution in [3.8, 4) is 0 Å². The lowest BCUT2D eigenvalue weighted by Crippen LogP contribution is -2.32. The molecule has 0 unspecified atom stereocenters. The molecule has 0 aromatic carbocycles. The molecule has 0 saturated heterocycles. The molecule has 0 bridgehead atoms. The maximum atomic E-state index is 13.0. The molecule has 0 spiro atoms. The highest BCUT2D eigenvalue weighted by Gasteiger charge is 2.34. The Labute approximate surface area is 149 Å². The quantitative estimate of drug-likeness (QED) is 0.415. The van der Waals surface area contributed by atoms with Crippen LogP contribution in [0.2, 0.25) is 0 Å². The zero-order chi connectivity index (χ0) is 19.0. The van der Waals surface area contributed by atoms with Crippen LogP contribution in [0, 0.1) is 0 Å². The second-order valence-electron chi connectivity index (χ2n) is 6.59. The van der Waals surface area contributed by atoms with Crippen molar-refractivity contribution < 1.29 is 19.8 Å². The van der Waals surface area contributed by atoms with Crippen molar-refractivity contribution >= 4 is 17.2 Å². The average Bonchev–Trinajstić information content (AvgIpc) is 3.36. The summed E-state index contributed by atoms with van der Waals surface area (Å²) < 4.78 is 7.34. The summed E-state index contributed by atoms with van der Waals surface area (Å²) in [5, 5.41) is 28.9. The van der Waals surface area contributed by atoms with E-state index in [1.165, 1.54) is 4.52 Å². The standard InChI is InChI=1S/C16H23N5O5/c1-4-26-11(23)7-19-16(24)14-13(20(25)8-22)12(10-5-6-10)17-21(14)15(18-19)9(2)3/h9-10,22,25H,4-8H2,1-3H3. The molecule has 2 aromatic rings. The molecule has 1 aliphatic carbocycles. The third-order valence-corrected chi connectivity index (χ3v) is 4.22. The van der Waals surface area contributed by atoms with Gasteiger partial charge >= 0.3 is 5.97 Å². The predicted molar refractivity (Wildman–Crippen MR) is 91.3 cm³/mol. The number of rotatable bonds is 7. The van der Waals surface area contributed by atoms with Gasteiger partial charge in [-0.15, -0.1) is 0 Å². The van der Waals surface area contributed by atoms with Gasteiger partial charge in [-0.25, -0.2) is 14.3 Å². The van der Waals surface area contributed by atoms with Gasteiger partial charge in [0.05, 0.1) is 12.3 Å². The van der Waals surface area contributed by atoms with Gasteiger partial charge in [0.25, 0.3) is 5.56 Å². The summed E-state index contributed by atoms with van der Waals surface area (Å²) in [6.45, 7) is 4.64. The molecule has 3 rings (SSSR count). The Bertz CT molecular complexity index is 883. The fraction of sp³-hybridized carbons (Fsp3) is 0.625. The number of hydrogen-bond donors (Lipinski definition) is 2. The van der Waals surface area contributed by atoms with Gasteiger partial charge in [-0.2, -0.15) is 10.2 Å². The summed E-state index contributed by atoms with van der Waals surface area (Å²) >= 11 is 0. The predicted octanol–water partition coefficient (Wildman–Crippen LogP) is 0.600. The van der Waals surface area contributed by atoms with E-state index in [1.807, 2.05) is 13.8 Å². The molecule has 1 saturated carbocycles. The summed E-state index contributed by atoms with van der Waals surface area (Å²) in [5.74, 6) is -0.0623. The highest BCUT2D eigenvalue weighted by molar-refractivity contribution is 5.75. The van der Waals surface area contributed by atoms with Gasteiger partial charge in [-0.1, -0.05) is 13.8 Å². The van der Waals surface area contributed by atoms with Crippen LogP contribution in [0.15, 0.2) is 4.79 Å². The molecule has 26 heavy (non-hydrogen) atoms. The first-order chi connectivity index (χ1) is 12.4. The van der Waals surface area contributed by atoms with E-state index in [2.05, 4.69) is 10.2 Å². The number of ether oxygens (including phenoxy) is 1. The zero-order valence-corrected chi connectivity index (χ0v) is 15.0. The Morgan fingerprint density at radius 1 is 1.38 bits per heavy atom. The summed E-state index contributed by atoms with van der Waals surface area (Å²) in [6.07, 6.45) is 1.80. The van der Waals surface area contributed by atoms with Crippen molar-refractivity contribution in [2.75, 3.05) is 18.4 Å². The number of carbonyl (C=O) groups is 1. The van der Waals surface area contributed by atoms with Gasteiger partial charge in [0.15, 0.2) is 11.3 Å². The molecule has 10 heteroatoms. The molecule has 2 N–H and O–H groups in total. The van der Waals surface area contributed by atoms with Crippen LogP contribution in [0.3, 0.4) is 0 Å². The summed E-state index contributed by atoms with van der Waals surface area (Å²) in [7, 11) is 0. The number of fused-ring (bicyclic) bond motifs is 1. The number of carbonyl (C=O) groups excluding carboxylic acids is 1. The lowest BCUT2D eigenvalue weighted by molar-refractivity contribution is -0.144. The SMILES string of the molecule is CCOC(=O)Cn1nc(C(C)C)n2nc(C3CC3)c(N(O)CO)c2c1=O. The molecule has 1 fully saturated rings. The number of aliphatic hydroxyl groups is 1. The molecule has 0 amide bonds. The Hall–Kier alpha value is -2.46. The van der Waals surface area contributed by atoms with Crippen molar-refractivity contribution in [2.24, 2.45) is 0 Å². The molecular weight excluding hydrogens is 342 g/mol. The van der Waals surface area contributed by atoms with Gasteiger partial charge in [0.2, 0.25) is 0 Å². The smallest absolute Gasteiger partial charge is 0.327 e. The summed E-state index contributed by atoms with van der Waals surface area (Å²) in [4.78, 5) is 24.8. The van der Waals surface area contributed by atoms with Crippen molar-refractivity contribution in [1.82, 2.24) is 19.4 Å². The molecule has 0 radical (unpaired) electrons. The van der Waals surface area contributed by atoms with Crippen LogP contribution in [-0.4, -0.2) is 49.0 Å². The monoisotopic (exact) mass is 365 g/mol. The maximum Gasteiger partial charge on any atom is 0.327 e. The summed E-state index contributed by atoms with van der Waals surface area (Å²) in [6, 6.07) is 0. The van der Waals surface area contributed by atoms with Crippen molar-refractivity contribution in [1.29, 1.82) is 0 Å². The molecule has 1 aliphatic rings. The largest absolute Gasteiger partial charge is 0.465 e. The first-order valence-corrected chi connectivity index (χ1v) is 8.65. The number of anilines is 1. The van der Waals surface area contributed by atoms with Crippen molar-refractivity contribution in [3.63, 3.8) is 0 Å². The van der Waals surface area contributed by atoms with Crippen LogP contribution >= 0.6 is 0 Å². The minimum absolute atomic E-state index is 0.0893. The summed E-state index contributed by atoms with van der Waals surface area (Å²) in [5.41, 5.74) is 0.231. The maximum absolute atomic E-state index is 13.0. The Morgan fingerprint density at radius 2 is 2.08 bits per heavy atom. The van der Waals surface area contributed by atoms with E-state index in [4.69, 9.17) is 4.74 Å². The van der Waals surface area contributed by atoms with Gasteiger partial charge in [-0.05, 0) is 19.8 Å². The first-order valence-electron chi connectivity index (χ1n) is 8.65. The van der Waals surface area contributed by atoms with Crippen LogP contribution in [0.1, 0.15) is 57.0 Å². The van der Waals surface area contributed by atoms with E-state index in [-0.39, 0.29) is 36.2 Å². The highest BCUT2D eigenvalue weighted by Crippen LogP contribution is 2.44. The highest BCUT2D eigenvalue weighted by atomic mass is 16.5. The number of aromatic nitrogens is 4. The third kappa shape index (κ3) is 3.17. The topological polar surface area (TPSA) is 122 Å². The molecule has 0 atom stereocenters. The lowest BCUT2D eigenvalue weighted by atomic mass is 10.2. The molecule has 142 valence electrons. The van der Waals surface area contributed by atoms with E-state index in [0.717, 1.165) is 17.5 Å². The molecule has 2 heterocycles. The van der Waals surface area contributed by atoms with Crippen LogP contribution in [-0.2, 0) is 16.1 Å². The Kier molecular flexibility index (Phi) is 4.97. The molecule has 10 nitrogen and oxygen atoms in total. The van der Waals surface area contributed by atoms with E-state index in [1.54, 1.807) is 6.92 Å². The zero-order valence-electron chi connectivity index (χ0n) is 15.0. The number of esters is 1. The van der Waals surface area contributed by atoms with Crippen molar-refractivity contribution in [3.05, 3.63) is 21.9 Å². The van der Waals surface area contributed by atoms with Crippen LogP contribution in [0.4, 0.5) is 5.69 Å². The van der Waals surface area contributed by atoms with E-state index in [0.29, 0.717) is 16.6 Å². The van der Waals surface area contributed by atoms with E-state index >= 15 is 0 Å². The Balaban J connectivity index is 2.26. The normalized spacial score (nSPS) is 14.2. The van der Waals surface area contributed by atoms with Crippen LogP contribution in [0.25, 0.3) is 5.52 Å². The van der Waals surface area contributed by atoms with Gasteiger partial charge in [-0.3, -0.25) is 14.8 Å². The average molecular weight is 365 g/mol. The van der Waals surface area contributed by atoms with Crippen molar-refractivity contribution in [2.45, 2.75) is 52.0 Å². The fourth-order valence-corrected chi connectivity index (χ4v) is 2.87. The first kappa shape index (κ1) is 18.3. The van der Waals surface area contributed by atoms with Gasteiger partial charge in [0.1, 0.15) is 19.0 Å². The number of hydrogen-bond acceptors (Lipinski definition) is 8. The minimum Gasteiger partial charge on any atom is -0.465 e. The number of nitrogens with zero attached hydrogens (tertiary/aromatic N) is 5. The number of aliphatic hydroxyl groups excluding tert-OH is 1. The minimum atomic E-state index is -0.683. The van der Waals surface area contributed by atoms with Gasteiger partial charge < -0.3 is 9.84 Å². The molecular formula is C16H23N5O5. The fourth-order valence-electron chi connectivity index (χ4n) is 2.87. The van der Waals surface area contributed by atoms with Gasteiger partial charge in [0, 0.05) is 11.8 Å². The van der Waals surface area contributed by atoms with Crippen LogP contribution in [0.5, 0.6) is 0 Å². The second-order valence-corrected chi connectivity index (χ2v) is 6.59. The number of hydroxylamine groups is 1.